The Kier molecular flexibility index (Phi) is 11.8. The van der Waals surface area contributed by atoms with Gasteiger partial charge in [-0.2, -0.15) is 5.26 Å². The maximum absolute atomic E-state index is 12.9. The fourth-order valence-electron chi connectivity index (χ4n) is 5.58. The Hall–Kier alpha value is -3.54. The Morgan fingerprint density at radius 2 is 1.52 bits per heavy atom. The number of piperazine rings is 1. The molecule has 1 aliphatic rings. The average Bonchev–Trinajstić information content (AvgIpc) is 3.36. The molecule has 222 valence electrons. The smallest absolute Gasteiger partial charge is 0.342 e. The zero-order chi connectivity index (χ0) is 28.0. The molecule has 0 N–H and O–H groups in total. The van der Waals surface area contributed by atoms with Crippen LogP contribution in [0.25, 0.3) is 11.0 Å². The van der Waals surface area contributed by atoms with Gasteiger partial charge in [-0.05, 0) is 42.7 Å². The van der Waals surface area contributed by atoms with Crippen molar-refractivity contribution in [2.45, 2.75) is 25.3 Å². The van der Waals surface area contributed by atoms with Crippen LogP contribution in [-0.2, 0) is 16.7 Å². The van der Waals surface area contributed by atoms with Crippen molar-refractivity contribution in [2.24, 2.45) is 0 Å². The van der Waals surface area contributed by atoms with E-state index in [1.54, 1.807) is 14.0 Å². The van der Waals surface area contributed by atoms with Gasteiger partial charge >= 0.3 is 5.97 Å². The molecule has 2 heterocycles. The van der Waals surface area contributed by atoms with Crippen LogP contribution in [0.1, 0.15) is 40.6 Å². The normalized spacial score (nSPS) is 13.9. The third kappa shape index (κ3) is 6.91. The average molecular weight is 611 g/mol. The van der Waals surface area contributed by atoms with E-state index in [2.05, 4.69) is 40.1 Å². The number of hydrogen-bond donors (Lipinski definition) is 0. The van der Waals surface area contributed by atoms with Crippen LogP contribution in [-0.4, -0.2) is 62.2 Å². The highest BCUT2D eigenvalue weighted by atomic mass is 35.5. The van der Waals surface area contributed by atoms with Gasteiger partial charge in [0.25, 0.3) is 0 Å². The first kappa shape index (κ1) is 33.0. The summed E-state index contributed by atoms with van der Waals surface area (Å²) in [7, 11) is 1.60. The van der Waals surface area contributed by atoms with E-state index in [1.807, 2.05) is 54.6 Å². The molecule has 0 saturated carbocycles. The Morgan fingerprint density at radius 3 is 2.07 bits per heavy atom. The van der Waals surface area contributed by atoms with E-state index in [9.17, 15) is 10.1 Å². The minimum atomic E-state index is -0.705. The van der Waals surface area contributed by atoms with Crippen LogP contribution in [0.3, 0.4) is 0 Å². The van der Waals surface area contributed by atoms with Gasteiger partial charge in [-0.15, -0.1) is 24.8 Å². The van der Waals surface area contributed by atoms with E-state index >= 15 is 0 Å². The molecule has 9 heteroatoms. The van der Waals surface area contributed by atoms with Crippen molar-refractivity contribution >= 4 is 41.8 Å². The molecule has 5 rings (SSSR count). The molecule has 0 aliphatic carbocycles. The predicted octanol–water partition coefficient (Wildman–Crippen LogP) is 6.48. The minimum absolute atomic E-state index is 0. The van der Waals surface area contributed by atoms with Crippen molar-refractivity contribution in [1.82, 2.24) is 9.80 Å². The second-order valence-electron chi connectivity index (χ2n) is 10.1. The Morgan fingerprint density at radius 1 is 0.929 bits per heavy atom. The lowest BCUT2D eigenvalue weighted by molar-refractivity contribution is 0.0522. The largest absolute Gasteiger partial charge is 0.497 e. The zero-order valence-corrected chi connectivity index (χ0v) is 25.6. The zero-order valence-electron chi connectivity index (χ0n) is 24.0. The molecule has 1 aromatic heterocycles. The van der Waals surface area contributed by atoms with E-state index in [-0.39, 0.29) is 30.8 Å². The highest BCUT2D eigenvalue weighted by Gasteiger charge is 2.35. The second-order valence-corrected chi connectivity index (χ2v) is 10.1. The van der Waals surface area contributed by atoms with E-state index in [0.717, 1.165) is 43.9 Å². The van der Waals surface area contributed by atoms with Gasteiger partial charge in [-0.25, -0.2) is 4.79 Å². The number of nitrogens with zero attached hydrogens (tertiary/aromatic N) is 3. The molecular formula is C33H37Cl2N3O4. The number of hydrogen-bond acceptors (Lipinski definition) is 7. The monoisotopic (exact) mass is 609 g/mol. The van der Waals surface area contributed by atoms with Crippen molar-refractivity contribution in [3.8, 4) is 11.8 Å². The predicted molar refractivity (Wildman–Crippen MR) is 169 cm³/mol. The molecule has 0 atom stereocenters. The van der Waals surface area contributed by atoms with E-state index in [4.69, 9.17) is 13.9 Å². The first-order valence-electron chi connectivity index (χ1n) is 13.8. The summed E-state index contributed by atoms with van der Waals surface area (Å²) in [6.45, 7) is 6.83. The summed E-state index contributed by atoms with van der Waals surface area (Å²) >= 11 is 0. The third-order valence-electron chi connectivity index (χ3n) is 7.81. The number of methoxy groups -OCH3 is 1. The van der Waals surface area contributed by atoms with Crippen molar-refractivity contribution in [1.29, 1.82) is 5.26 Å². The molecule has 3 aromatic carbocycles. The van der Waals surface area contributed by atoms with Crippen LogP contribution < -0.4 is 4.74 Å². The molecule has 0 unspecified atom stereocenters. The summed E-state index contributed by atoms with van der Waals surface area (Å²) in [5.74, 6) is 0.906. The fraction of sp³-hybridized carbons (Fsp3) is 0.333. The molecule has 7 nitrogen and oxygen atoms in total. The van der Waals surface area contributed by atoms with Gasteiger partial charge in [0.1, 0.15) is 28.1 Å². The molecule has 0 bridgehead atoms. The Labute approximate surface area is 259 Å². The number of fused-ring (bicyclic) bond motifs is 1. The van der Waals surface area contributed by atoms with Crippen molar-refractivity contribution in [3.63, 3.8) is 0 Å². The maximum atomic E-state index is 12.9. The number of benzene rings is 3. The molecule has 1 aliphatic heterocycles. The lowest BCUT2D eigenvalue weighted by atomic mass is 9.73. The SMILES string of the molecule is CCOC(=O)c1c(CN2CCN(CCC(C#N)(c3ccccc3)c3ccccc3)CC2)oc2ccc(OC)cc12.Cl.Cl. The number of furan rings is 1. The Bertz CT molecular complexity index is 1440. The second kappa shape index (κ2) is 15.1. The summed E-state index contributed by atoms with van der Waals surface area (Å²) in [6.07, 6.45) is 0.704. The topological polar surface area (TPSA) is 78.9 Å². The van der Waals surface area contributed by atoms with Gasteiger partial charge < -0.3 is 18.8 Å². The number of esters is 1. The first-order valence-corrected chi connectivity index (χ1v) is 13.8. The van der Waals surface area contributed by atoms with Gasteiger partial charge in [-0.1, -0.05) is 60.7 Å². The highest BCUT2D eigenvalue weighted by Crippen LogP contribution is 2.36. The van der Waals surface area contributed by atoms with Crippen LogP contribution in [0.2, 0.25) is 0 Å². The van der Waals surface area contributed by atoms with Gasteiger partial charge in [0.05, 0.1) is 26.3 Å². The standard InChI is InChI=1S/C33H35N3O4.2ClH/c1-3-39-32(37)31-28-22-27(38-2)14-15-29(28)40-30(31)23-36-20-18-35(19-21-36)17-16-33(24-34,25-10-6-4-7-11-25)26-12-8-5-9-13-26;;/h4-15,22H,3,16-21,23H2,1-2H3;2*1H. The molecule has 42 heavy (non-hydrogen) atoms. The molecular weight excluding hydrogens is 573 g/mol. The van der Waals surface area contributed by atoms with Gasteiger partial charge in [0.2, 0.25) is 0 Å². The van der Waals surface area contributed by atoms with E-state index in [1.165, 1.54) is 0 Å². The van der Waals surface area contributed by atoms with E-state index < -0.39 is 5.41 Å². The molecule has 1 fully saturated rings. The summed E-state index contributed by atoms with van der Waals surface area (Å²) < 4.78 is 16.9. The number of nitriles is 1. The molecule has 1 saturated heterocycles. The lowest BCUT2D eigenvalue weighted by Gasteiger charge is -2.36. The summed E-state index contributed by atoms with van der Waals surface area (Å²) in [5.41, 5.74) is 2.46. The van der Waals surface area contributed by atoms with Crippen molar-refractivity contribution in [3.05, 3.63) is 101 Å². The van der Waals surface area contributed by atoms with Crippen LogP contribution in [0.5, 0.6) is 5.75 Å². The molecule has 0 radical (unpaired) electrons. The quantitative estimate of drug-likeness (QED) is 0.190. The molecule has 4 aromatic rings. The highest BCUT2D eigenvalue weighted by molar-refractivity contribution is 6.05. The van der Waals surface area contributed by atoms with Crippen molar-refractivity contribution in [2.75, 3.05) is 46.4 Å². The third-order valence-corrected chi connectivity index (χ3v) is 7.81. The summed E-state index contributed by atoms with van der Waals surface area (Å²) in [5, 5.41) is 11.2. The number of halogens is 2. The Balaban J connectivity index is 0.00000242. The fourth-order valence-corrected chi connectivity index (χ4v) is 5.58. The molecule has 0 spiro atoms. The number of carbonyl (C=O) groups excluding carboxylic acids is 1. The van der Waals surface area contributed by atoms with Gasteiger partial charge in [-0.3, -0.25) is 4.90 Å². The first-order chi connectivity index (χ1) is 19.6. The van der Waals surface area contributed by atoms with Crippen LogP contribution in [0.15, 0.2) is 83.3 Å². The number of carbonyl (C=O) groups is 1. The van der Waals surface area contributed by atoms with Crippen LogP contribution in [0.4, 0.5) is 0 Å². The lowest BCUT2D eigenvalue weighted by Crippen LogP contribution is -2.47. The summed E-state index contributed by atoms with van der Waals surface area (Å²) in [4.78, 5) is 17.6. The van der Waals surface area contributed by atoms with Gasteiger partial charge in [0.15, 0.2) is 0 Å². The molecule has 0 amide bonds. The number of ether oxygens (including phenoxy) is 2. The minimum Gasteiger partial charge on any atom is -0.497 e. The van der Waals surface area contributed by atoms with Gasteiger partial charge in [0, 0.05) is 38.1 Å². The van der Waals surface area contributed by atoms with Crippen LogP contribution >= 0.6 is 24.8 Å². The summed E-state index contributed by atoms with van der Waals surface area (Å²) in [6, 6.07) is 28.4. The number of rotatable bonds is 10. The van der Waals surface area contributed by atoms with Crippen LogP contribution in [0, 0.1) is 11.3 Å². The van der Waals surface area contributed by atoms with E-state index in [0.29, 0.717) is 47.6 Å². The maximum Gasteiger partial charge on any atom is 0.342 e. The van der Waals surface area contributed by atoms with Crippen molar-refractivity contribution < 1.29 is 18.7 Å².